The van der Waals surface area contributed by atoms with Crippen LogP contribution >= 0.6 is 0 Å². The smallest absolute Gasteiger partial charge is 0.303 e. The van der Waals surface area contributed by atoms with Crippen molar-refractivity contribution in [1.82, 2.24) is 0 Å². The second-order valence-corrected chi connectivity index (χ2v) is 3.48. The maximum absolute atomic E-state index is 12.2. The van der Waals surface area contributed by atoms with Crippen LogP contribution in [0, 0.1) is 22.7 Å². The van der Waals surface area contributed by atoms with Gasteiger partial charge in [0, 0.05) is 5.41 Å². The Bertz CT molecular complexity index is 313. The molecule has 0 aliphatic heterocycles. The van der Waals surface area contributed by atoms with E-state index in [1.165, 1.54) is 19.9 Å². The summed E-state index contributed by atoms with van der Waals surface area (Å²) in [7, 11) is 0. The summed E-state index contributed by atoms with van der Waals surface area (Å²) in [5.41, 5.74) is -1.54. The van der Waals surface area contributed by atoms with Gasteiger partial charge in [0.15, 0.2) is 0 Å². The van der Waals surface area contributed by atoms with Crippen LogP contribution in [-0.4, -0.2) is 18.2 Å². The van der Waals surface area contributed by atoms with Gasteiger partial charge in [0.25, 0.3) is 5.78 Å². The summed E-state index contributed by atoms with van der Waals surface area (Å²) in [6, 6.07) is 1.30. The summed E-state index contributed by atoms with van der Waals surface area (Å²) >= 11 is 0. The van der Waals surface area contributed by atoms with Gasteiger partial charge < -0.3 is 4.79 Å². The van der Waals surface area contributed by atoms with Crippen molar-refractivity contribution in [3.8, 4) is 6.07 Å². The van der Waals surface area contributed by atoms with Gasteiger partial charge in [-0.25, -0.2) is 0 Å². The van der Waals surface area contributed by atoms with Crippen LogP contribution in [0.3, 0.4) is 0 Å². The largest absolute Gasteiger partial charge is 0.451 e. The van der Waals surface area contributed by atoms with E-state index in [4.69, 9.17) is 5.26 Å². The maximum Gasteiger partial charge on any atom is 0.451 e. The van der Waals surface area contributed by atoms with Gasteiger partial charge in [-0.05, 0) is 12.8 Å². The monoisotopic (exact) mass is 235 g/mol. The summed E-state index contributed by atoms with van der Waals surface area (Å²) in [4.78, 5) is 21.9. The molecule has 1 atom stereocenters. The third kappa shape index (κ3) is 2.60. The minimum absolute atomic E-state index is 0.0209. The number of halogens is 3. The van der Waals surface area contributed by atoms with Crippen molar-refractivity contribution < 1.29 is 22.8 Å². The number of nitrogens with zero attached hydrogens (tertiary/aromatic N) is 1. The third-order valence-electron chi connectivity index (χ3n) is 2.80. The van der Waals surface area contributed by atoms with Crippen molar-refractivity contribution in [3.05, 3.63) is 0 Å². The molecule has 0 rings (SSSR count). The number of hydrogen-bond donors (Lipinski definition) is 0. The lowest BCUT2D eigenvalue weighted by atomic mass is 9.71. The van der Waals surface area contributed by atoms with Crippen LogP contribution in [0.1, 0.15) is 26.7 Å². The van der Waals surface area contributed by atoms with Gasteiger partial charge in [-0.2, -0.15) is 18.4 Å². The van der Waals surface area contributed by atoms with Gasteiger partial charge in [-0.15, -0.1) is 0 Å². The number of alkyl halides is 3. The van der Waals surface area contributed by atoms with Crippen molar-refractivity contribution in [2.24, 2.45) is 11.3 Å². The molecular weight excluding hydrogens is 223 g/mol. The predicted octanol–water partition coefficient (Wildman–Crippen LogP) is 2.26. The number of aldehydes is 1. The third-order valence-corrected chi connectivity index (χ3v) is 2.80. The summed E-state index contributed by atoms with van der Waals surface area (Å²) in [5.74, 6) is -4.11. The Morgan fingerprint density at radius 3 is 2.00 bits per heavy atom. The molecule has 0 saturated heterocycles. The van der Waals surface area contributed by atoms with E-state index in [9.17, 15) is 22.8 Å². The molecule has 6 heteroatoms. The Morgan fingerprint density at radius 1 is 1.38 bits per heavy atom. The first kappa shape index (κ1) is 14.6. The van der Waals surface area contributed by atoms with Crippen LogP contribution in [0.15, 0.2) is 0 Å². The van der Waals surface area contributed by atoms with E-state index in [1.807, 2.05) is 0 Å². The zero-order chi connectivity index (χ0) is 13.0. The average molecular weight is 235 g/mol. The molecule has 0 amide bonds. The van der Waals surface area contributed by atoms with E-state index in [1.54, 1.807) is 0 Å². The van der Waals surface area contributed by atoms with E-state index in [-0.39, 0.29) is 19.1 Å². The van der Waals surface area contributed by atoms with Gasteiger partial charge in [-0.1, -0.05) is 13.8 Å². The fraction of sp³-hybridized carbons (Fsp3) is 0.700. The van der Waals surface area contributed by atoms with Crippen molar-refractivity contribution in [1.29, 1.82) is 5.26 Å². The fourth-order valence-electron chi connectivity index (χ4n) is 1.50. The highest BCUT2D eigenvalue weighted by atomic mass is 19.4. The Morgan fingerprint density at radius 2 is 1.81 bits per heavy atom. The molecular formula is C10H12F3NO2. The molecule has 0 heterocycles. The summed E-state index contributed by atoms with van der Waals surface area (Å²) in [5, 5.41) is 8.66. The zero-order valence-corrected chi connectivity index (χ0v) is 8.97. The first-order chi connectivity index (χ1) is 7.29. The van der Waals surface area contributed by atoms with Crippen LogP contribution in [0.2, 0.25) is 0 Å². The molecule has 1 unspecified atom stereocenters. The van der Waals surface area contributed by atoms with Crippen LogP contribution in [0.4, 0.5) is 13.2 Å². The number of nitriles is 1. The number of Topliss-reactive ketones (excluding diaryl/α,β-unsaturated/α-hetero) is 1. The van der Waals surface area contributed by atoms with E-state index >= 15 is 0 Å². The van der Waals surface area contributed by atoms with Crippen LogP contribution in [0.25, 0.3) is 0 Å². The van der Waals surface area contributed by atoms with E-state index in [0.29, 0.717) is 0 Å². The highest BCUT2D eigenvalue weighted by Crippen LogP contribution is 2.37. The SMILES string of the molecule is CCC(C=O)(CC)C(C#N)C(=O)C(F)(F)F. The molecule has 0 aromatic carbocycles. The van der Waals surface area contributed by atoms with Gasteiger partial charge in [-0.3, -0.25) is 4.79 Å². The molecule has 0 aliphatic rings. The quantitative estimate of drug-likeness (QED) is 0.687. The van der Waals surface area contributed by atoms with E-state index < -0.39 is 23.3 Å². The van der Waals surface area contributed by atoms with Crippen molar-refractivity contribution in [2.75, 3.05) is 0 Å². The number of ketones is 1. The fourth-order valence-corrected chi connectivity index (χ4v) is 1.50. The number of rotatable bonds is 5. The van der Waals surface area contributed by atoms with Crippen molar-refractivity contribution >= 4 is 12.1 Å². The van der Waals surface area contributed by atoms with Crippen LogP contribution in [-0.2, 0) is 9.59 Å². The number of carbonyl (C=O) groups is 2. The van der Waals surface area contributed by atoms with E-state index in [0.717, 1.165) is 0 Å². The van der Waals surface area contributed by atoms with Crippen LogP contribution in [0.5, 0.6) is 0 Å². The van der Waals surface area contributed by atoms with Crippen molar-refractivity contribution in [3.63, 3.8) is 0 Å². The Labute approximate surface area is 91.2 Å². The molecule has 90 valence electrons. The predicted molar refractivity (Wildman–Crippen MR) is 49.2 cm³/mol. The van der Waals surface area contributed by atoms with Gasteiger partial charge in [0.05, 0.1) is 6.07 Å². The molecule has 3 nitrogen and oxygen atoms in total. The average Bonchev–Trinajstić information content (AvgIpc) is 2.24. The second kappa shape index (κ2) is 5.10. The first-order valence-electron chi connectivity index (χ1n) is 4.76. The lowest BCUT2D eigenvalue weighted by molar-refractivity contribution is -0.177. The standard InChI is InChI=1S/C10H12F3NO2/c1-3-9(4-2,6-15)7(5-14)8(16)10(11,12)13/h6-7H,3-4H2,1-2H3. The zero-order valence-electron chi connectivity index (χ0n) is 8.97. The summed E-state index contributed by atoms with van der Waals surface area (Å²) < 4.78 is 36.6. The molecule has 0 spiro atoms. The summed E-state index contributed by atoms with van der Waals surface area (Å²) in [6.45, 7) is 2.96. The molecule has 0 aromatic heterocycles. The maximum atomic E-state index is 12.2. The number of carbonyl (C=O) groups excluding carboxylic acids is 2. The summed E-state index contributed by atoms with van der Waals surface area (Å²) in [6.07, 6.45) is -4.76. The van der Waals surface area contributed by atoms with E-state index in [2.05, 4.69) is 0 Å². The topological polar surface area (TPSA) is 57.9 Å². The molecule has 0 radical (unpaired) electrons. The van der Waals surface area contributed by atoms with Gasteiger partial charge in [0.2, 0.25) is 0 Å². The molecule has 0 bridgehead atoms. The minimum Gasteiger partial charge on any atom is -0.303 e. The molecule has 0 saturated carbocycles. The Balaban J connectivity index is 5.37. The minimum atomic E-state index is -5.08. The Kier molecular flexibility index (Phi) is 4.66. The number of hydrogen-bond acceptors (Lipinski definition) is 3. The lowest BCUT2D eigenvalue weighted by Gasteiger charge is -2.29. The normalized spacial score (nSPS) is 14.0. The van der Waals surface area contributed by atoms with Gasteiger partial charge >= 0.3 is 6.18 Å². The molecule has 16 heavy (non-hydrogen) atoms. The lowest BCUT2D eigenvalue weighted by Crippen LogP contribution is -2.42. The Hall–Kier alpha value is -1.38. The van der Waals surface area contributed by atoms with Crippen LogP contribution < -0.4 is 0 Å². The highest BCUT2D eigenvalue weighted by molar-refractivity contribution is 5.91. The second-order valence-electron chi connectivity index (χ2n) is 3.48. The highest BCUT2D eigenvalue weighted by Gasteiger charge is 2.51. The first-order valence-corrected chi connectivity index (χ1v) is 4.76. The molecule has 0 N–H and O–H groups in total. The molecule has 0 fully saturated rings. The van der Waals surface area contributed by atoms with Gasteiger partial charge in [0.1, 0.15) is 12.2 Å². The molecule has 0 aliphatic carbocycles. The molecule has 0 aromatic rings. The van der Waals surface area contributed by atoms with Crippen molar-refractivity contribution in [2.45, 2.75) is 32.9 Å².